The molecule has 0 amide bonds. The molecule has 0 N–H and O–H groups in total. The van der Waals surface area contributed by atoms with Crippen LogP contribution in [0.4, 0.5) is 13.2 Å². The van der Waals surface area contributed by atoms with E-state index in [4.69, 9.17) is 4.74 Å². The number of carbonyl (C=O) groups excluding carboxylic acids is 1. The third-order valence-electron chi connectivity index (χ3n) is 2.67. The molecule has 0 bridgehead atoms. The summed E-state index contributed by atoms with van der Waals surface area (Å²) in [7, 11) is 0. The van der Waals surface area contributed by atoms with E-state index in [1.54, 1.807) is 13.0 Å². The van der Waals surface area contributed by atoms with Gasteiger partial charge in [0.2, 0.25) is 0 Å². The second kappa shape index (κ2) is 6.46. The molecule has 0 radical (unpaired) electrons. The van der Waals surface area contributed by atoms with Crippen LogP contribution in [0, 0.1) is 0 Å². The average Bonchev–Trinajstić information content (AvgIpc) is 2.47. The molecule has 2 rings (SSSR count). The first-order valence-corrected chi connectivity index (χ1v) is 6.37. The normalized spacial score (nSPS) is 11.1. The molecule has 2 aromatic rings. The van der Waals surface area contributed by atoms with E-state index in [2.05, 4.69) is 9.72 Å². The van der Waals surface area contributed by atoms with Crippen LogP contribution in [0.1, 0.15) is 17.3 Å². The molecule has 0 fully saturated rings. The molecule has 0 unspecified atom stereocenters. The summed E-state index contributed by atoms with van der Waals surface area (Å²) in [5.41, 5.74) is 1.47. The molecule has 0 aliphatic carbocycles. The van der Waals surface area contributed by atoms with Crippen LogP contribution < -0.4 is 4.74 Å². The highest BCUT2D eigenvalue weighted by Crippen LogP contribution is 2.26. The maximum atomic E-state index is 12.1. The van der Waals surface area contributed by atoms with Crippen molar-refractivity contribution < 1.29 is 27.4 Å². The van der Waals surface area contributed by atoms with Crippen molar-refractivity contribution in [2.45, 2.75) is 13.3 Å². The summed E-state index contributed by atoms with van der Waals surface area (Å²) in [6.07, 6.45) is -1.86. The van der Waals surface area contributed by atoms with Crippen molar-refractivity contribution in [3.63, 3.8) is 0 Å². The number of pyridine rings is 1. The summed E-state index contributed by atoms with van der Waals surface area (Å²) in [6.45, 7) is 1.93. The lowest BCUT2D eigenvalue weighted by atomic mass is 10.1. The molecule has 4 nitrogen and oxygen atoms in total. The monoisotopic (exact) mass is 311 g/mol. The fourth-order valence-corrected chi connectivity index (χ4v) is 1.77. The van der Waals surface area contributed by atoms with Crippen LogP contribution >= 0.6 is 0 Å². The number of hydrogen-bond acceptors (Lipinski definition) is 4. The zero-order chi connectivity index (χ0) is 16.2. The first-order valence-electron chi connectivity index (χ1n) is 6.37. The van der Waals surface area contributed by atoms with Gasteiger partial charge in [-0.05, 0) is 30.7 Å². The number of alkyl halides is 3. The molecular weight excluding hydrogens is 299 g/mol. The molecular formula is C15H12F3NO3. The minimum Gasteiger partial charge on any atom is -0.462 e. The smallest absolute Gasteiger partial charge is 0.462 e. The minimum absolute atomic E-state index is 0.243. The number of ether oxygens (including phenoxy) is 2. The Morgan fingerprint density at radius 3 is 2.41 bits per heavy atom. The van der Waals surface area contributed by atoms with Crippen LogP contribution in [0.5, 0.6) is 5.75 Å². The zero-order valence-corrected chi connectivity index (χ0v) is 11.6. The van der Waals surface area contributed by atoms with Crippen LogP contribution in [0.15, 0.2) is 42.7 Å². The van der Waals surface area contributed by atoms with Gasteiger partial charge in [-0.15, -0.1) is 13.2 Å². The Labute approximate surface area is 124 Å². The van der Waals surface area contributed by atoms with E-state index in [0.29, 0.717) is 11.1 Å². The summed E-state index contributed by atoms with van der Waals surface area (Å²) in [5, 5.41) is 0. The average molecular weight is 311 g/mol. The van der Waals surface area contributed by atoms with E-state index < -0.39 is 12.3 Å². The molecule has 0 aliphatic rings. The van der Waals surface area contributed by atoms with Gasteiger partial charge in [-0.2, -0.15) is 0 Å². The van der Waals surface area contributed by atoms with Gasteiger partial charge in [0.15, 0.2) is 0 Å². The zero-order valence-electron chi connectivity index (χ0n) is 11.6. The fraction of sp³-hybridized carbons (Fsp3) is 0.200. The molecule has 0 saturated carbocycles. The number of aromatic nitrogens is 1. The van der Waals surface area contributed by atoms with Crippen molar-refractivity contribution in [2.24, 2.45) is 0 Å². The topological polar surface area (TPSA) is 48.4 Å². The summed E-state index contributed by atoms with van der Waals surface area (Å²) in [6, 6.07) is 6.85. The van der Waals surface area contributed by atoms with Gasteiger partial charge >= 0.3 is 12.3 Å². The predicted molar refractivity (Wildman–Crippen MR) is 72.3 cm³/mol. The highest BCUT2D eigenvalue weighted by Gasteiger charge is 2.30. The SMILES string of the molecule is CCOC(=O)c1cncc(-c2ccc(OC(F)(F)F)cc2)c1. The number of halogens is 3. The maximum Gasteiger partial charge on any atom is 0.573 e. The molecule has 0 aliphatic heterocycles. The van der Waals surface area contributed by atoms with Crippen molar-refractivity contribution in [2.75, 3.05) is 6.61 Å². The maximum absolute atomic E-state index is 12.1. The van der Waals surface area contributed by atoms with Crippen LogP contribution in [-0.4, -0.2) is 23.9 Å². The third-order valence-corrected chi connectivity index (χ3v) is 2.67. The Morgan fingerprint density at radius 2 is 1.82 bits per heavy atom. The Morgan fingerprint density at radius 1 is 1.14 bits per heavy atom. The lowest BCUT2D eigenvalue weighted by molar-refractivity contribution is -0.274. The Kier molecular flexibility index (Phi) is 4.65. The van der Waals surface area contributed by atoms with Crippen molar-refractivity contribution in [3.8, 4) is 16.9 Å². The quantitative estimate of drug-likeness (QED) is 0.805. The predicted octanol–water partition coefficient (Wildman–Crippen LogP) is 3.82. The van der Waals surface area contributed by atoms with Gasteiger partial charge in [-0.1, -0.05) is 12.1 Å². The van der Waals surface area contributed by atoms with Crippen LogP contribution in [-0.2, 0) is 4.74 Å². The highest BCUT2D eigenvalue weighted by molar-refractivity contribution is 5.90. The van der Waals surface area contributed by atoms with E-state index in [1.165, 1.54) is 36.7 Å². The molecule has 116 valence electrons. The Bertz CT molecular complexity index is 654. The van der Waals surface area contributed by atoms with Crippen molar-refractivity contribution in [1.82, 2.24) is 4.98 Å². The molecule has 22 heavy (non-hydrogen) atoms. The summed E-state index contributed by atoms with van der Waals surface area (Å²) in [4.78, 5) is 15.6. The van der Waals surface area contributed by atoms with Gasteiger partial charge in [0, 0.05) is 18.0 Å². The Balaban J connectivity index is 2.21. The van der Waals surface area contributed by atoms with Gasteiger partial charge in [0.1, 0.15) is 5.75 Å². The van der Waals surface area contributed by atoms with E-state index in [-0.39, 0.29) is 17.9 Å². The molecule has 7 heteroatoms. The lowest BCUT2D eigenvalue weighted by Gasteiger charge is -2.09. The van der Waals surface area contributed by atoms with Gasteiger partial charge in [0.05, 0.1) is 12.2 Å². The lowest BCUT2D eigenvalue weighted by Crippen LogP contribution is -2.16. The third kappa shape index (κ3) is 4.21. The van der Waals surface area contributed by atoms with Gasteiger partial charge in [0.25, 0.3) is 0 Å². The van der Waals surface area contributed by atoms with E-state index in [0.717, 1.165) is 0 Å². The summed E-state index contributed by atoms with van der Waals surface area (Å²) < 4.78 is 45.0. The molecule has 1 aromatic heterocycles. The minimum atomic E-state index is -4.73. The number of esters is 1. The fourth-order valence-electron chi connectivity index (χ4n) is 1.77. The number of carbonyl (C=O) groups is 1. The first kappa shape index (κ1) is 15.8. The number of hydrogen-bond donors (Lipinski definition) is 0. The summed E-state index contributed by atoms with van der Waals surface area (Å²) >= 11 is 0. The number of nitrogens with zero attached hydrogens (tertiary/aromatic N) is 1. The second-order valence-corrected chi connectivity index (χ2v) is 4.25. The molecule has 1 aromatic carbocycles. The number of rotatable bonds is 4. The molecule has 0 spiro atoms. The van der Waals surface area contributed by atoms with E-state index in [9.17, 15) is 18.0 Å². The van der Waals surface area contributed by atoms with E-state index in [1.807, 2.05) is 0 Å². The van der Waals surface area contributed by atoms with Crippen molar-refractivity contribution >= 4 is 5.97 Å². The molecule has 0 saturated heterocycles. The van der Waals surface area contributed by atoms with Crippen molar-refractivity contribution in [3.05, 3.63) is 48.3 Å². The van der Waals surface area contributed by atoms with Gasteiger partial charge in [-0.3, -0.25) is 4.98 Å². The van der Waals surface area contributed by atoms with Crippen LogP contribution in [0.2, 0.25) is 0 Å². The molecule has 1 heterocycles. The second-order valence-electron chi connectivity index (χ2n) is 4.25. The van der Waals surface area contributed by atoms with Crippen molar-refractivity contribution in [1.29, 1.82) is 0 Å². The van der Waals surface area contributed by atoms with Gasteiger partial charge in [-0.25, -0.2) is 4.79 Å². The molecule has 0 atom stereocenters. The Hall–Kier alpha value is -2.57. The standard InChI is InChI=1S/C15H12F3NO3/c1-2-21-14(20)12-7-11(8-19-9-12)10-3-5-13(6-4-10)22-15(16,17)18/h3-9H,2H2,1H3. The van der Waals surface area contributed by atoms with Gasteiger partial charge < -0.3 is 9.47 Å². The first-order chi connectivity index (χ1) is 10.4. The highest BCUT2D eigenvalue weighted by atomic mass is 19.4. The van der Waals surface area contributed by atoms with Crippen LogP contribution in [0.25, 0.3) is 11.1 Å². The van der Waals surface area contributed by atoms with E-state index >= 15 is 0 Å². The largest absolute Gasteiger partial charge is 0.573 e. The summed E-state index contributed by atoms with van der Waals surface area (Å²) in [5.74, 6) is -0.820. The number of benzene rings is 1. The van der Waals surface area contributed by atoms with Crippen LogP contribution in [0.3, 0.4) is 0 Å².